The van der Waals surface area contributed by atoms with Crippen LogP contribution in [0, 0.1) is 0 Å². The molecule has 0 fully saturated rings. The van der Waals surface area contributed by atoms with E-state index in [0.29, 0.717) is 0 Å². The van der Waals surface area contributed by atoms with Crippen molar-refractivity contribution >= 4 is 17.7 Å². The number of amides is 1. The molecule has 4 heteroatoms. The summed E-state index contributed by atoms with van der Waals surface area (Å²) in [5.74, 6) is 0.840. The molecule has 0 spiro atoms. The van der Waals surface area contributed by atoms with Gasteiger partial charge in [0.15, 0.2) is 0 Å². The van der Waals surface area contributed by atoms with Gasteiger partial charge in [-0.15, -0.1) is 0 Å². The number of carbonyl (C=O) groups excluding carboxylic acids is 1. The van der Waals surface area contributed by atoms with Gasteiger partial charge in [-0.3, -0.25) is 4.79 Å². The Morgan fingerprint density at radius 1 is 1.73 bits per heavy atom. The highest BCUT2D eigenvalue weighted by Gasteiger charge is 2.05. The summed E-state index contributed by atoms with van der Waals surface area (Å²) in [6, 6.07) is -0.197. The molecule has 0 rings (SSSR count). The van der Waals surface area contributed by atoms with E-state index in [9.17, 15) is 4.79 Å². The van der Waals surface area contributed by atoms with E-state index in [4.69, 9.17) is 5.73 Å². The number of carbonyl (C=O) groups is 1. The first-order valence-corrected chi connectivity index (χ1v) is 5.09. The van der Waals surface area contributed by atoms with E-state index in [1.165, 1.54) is 0 Å². The van der Waals surface area contributed by atoms with Crippen LogP contribution in [0.3, 0.4) is 0 Å². The molecule has 1 amide bonds. The minimum Gasteiger partial charge on any atom is -0.368 e. The number of nitrogens with two attached hydrogens (primary N) is 1. The third-order valence-electron chi connectivity index (χ3n) is 1.40. The van der Waals surface area contributed by atoms with Crippen molar-refractivity contribution in [3.63, 3.8) is 0 Å². The molecule has 3 N–H and O–H groups in total. The van der Waals surface area contributed by atoms with E-state index < -0.39 is 0 Å². The average molecular weight is 176 g/mol. The number of primary amides is 1. The molecule has 1 atom stereocenters. The molecule has 0 aromatic heterocycles. The predicted octanol–water partition coefficient (Wildman–Crippen LogP) is 0.203. The zero-order valence-electron chi connectivity index (χ0n) is 7.09. The van der Waals surface area contributed by atoms with Gasteiger partial charge in [0.1, 0.15) is 0 Å². The number of rotatable bonds is 6. The molecule has 11 heavy (non-hydrogen) atoms. The van der Waals surface area contributed by atoms with Crippen LogP contribution in [0.1, 0.15) is 13.3 Å². The molecule has 0 saturated heterocycles. The van der Waals surface area contributed by atoms with Crippen molar-refractivity contribution in [3.05, 3.63) is 0 Å². The van der Waals surface area contributed by atoms with Crippen molar-refractivity contribution in [2.45, 2.75) is 19.4 Å². The van der Waals surface area contributed by atoms with Crippen LogP contribution >= 0.6 is 11.8 Å². The van der Waals surface area contributed by atoms with E-state index in [1.54, 1.807) is 18.7 Å². The van der Waals surface area contributed by atoms with Crippen LogP contribution in [0.5, 0.6) is 0 Å². The minimum atomic E-state index is -0.283. The molecule has 0 aliphatic rings. The lowest BCUT2D eigenvalue weighted by atomic mass is 10.3. The highest BCUT2D eigenvalue weighted by atomic mass is 32.2. The first-order chi connectivity index (χ1) is 5.18. The van der Waals surface area contributed by atoms with Gasteiger partial charge in [0, 0.05) is 0 Å². The normalized spacial score (nSPS) is 12.9. The summed E-state index contributed by atoms with van der Waals surface area (Å²) in [5, 5.41) is 3.03. The topological polar surface area (TPSA) is 55.1 Å². The fourth-order valence-electron chi connectivity index (χ4n) is 0.636. The lowest BCUT2D eigenvalue weighted by Gasteiger charge is -2.08. The van der Waals surface area contributed by atoms with Gasteiger partial charge in [0.25, 0.3) is 0 Å². The average Bonchev–Trinajstić information content (AvgIpc) is 1.97. The fraction of sp³-hybridized carbons (Fsp3) is 0.857. The summed E-state index contributed by atoms with van der Waals surface area (Å²) < 4.78 is 0. The maximum Gasteiger partial charge on any atom is 0.234 e. The third kappa shape index (κ3) is 6.19. The second-order valence-electron chi connectivity index (χ2n) is 2.42. The van der Waals surface area contributed by atoms with Crippen molar-refractivity contribution < 1.29 is 4.79 Å². The largest absolute Gasteiger partial charge is 0.368 e. The maximum atomic E-state index is 10.5. The third-order valence-corrected chi connectivity index (χ3v) is 2.10. The van der Waals surface area contributed by atoms with Gasteiger partial charge in [-0.1, -0.05) is 0 Å². The van der Waals surface area contributed by atoms with Gasteiger partial charge < -0.3 is 11.1 Å². The fourth-order valence-corrected chi connectivity index (χ4v) is 1.07. The summed E-state index contributed by atoms with van der Waals surface area (Å²) in [7, 11) is 0. The number of nitrogens with one attached hydrogen (secondary N) is 1. The van der Waals surface area contributed by atoms with Gasteiger partial charge in [-0.2, -0.15) is 11.8 Å². The van der Waals surface area contributed by atoms with Gasteiger partial charge in [0.05, 0.1) is 6.04 Å². The molecule has 0 aromatic carbocycles. The zero-order chi connectivity index (χ0) is 8.69. The van der Waals surface area contributed by atoms with Crippen molar-refractivity contribution in [2.75, 3.05) is 18.6 Å². The first-order valence-electron chi connectivity index (χ1n) is 3.70. The lowest BCUT2D eigenvalue weighted by molar-refractivity contribution is -0.119. The molecule has 1 unspecified atom stereocenters. The highest BCUT2D eigenvalue weighted by Crippen LogP contribution is 1.93. The quantitative estimate of drug-likeness (QED) is 0.569. The molecule has 0 aliphatic carbocycles. The van der Waals surface area contributed by atoms with Crippen LogP contribution in [0.15, 0.2) is 0 Å². The molecule has 0 radical (unpaired) electrons. The van der Waals surface area contributed by atoms with E-state index in [1.807, 2.05) is 0 Å². The smallest absolute Gasteiger partial charge is 0.234 e. The standard InChI is InChI=1S/C7H16N2OS/c1-6(7(8)10)9-4-3-5-11-2/h6,9H,3-5H2,1-2H3,(H2,8,10). The molecule has 3 nitrogen and oxygen atoms in total. The Labute approximate surface area is 72.1 Å². The molecule has 0 aliphatic heterocycles. The second-order valence-corrected chi connectivity index (χ2v) is 3.41. The number of hydrogen-bond acceptors (Lipinski definition) is 3. The second kappa shape index (κ2) is 6.49. The lowest BCUT2D eigenvalue weighted by Crippen LogP contribution is -2.39. The molecule has 0 saturated carbocycles. The predicted molar refractivity (Wildman–Crippen MR) is 49.7 cm³/mol. The summed E-state index contributed by atoms with van der Waals surface area (Å²) in [6.45, 7) is 2.65. The molecular weight excluding hydrogens is 160 g/mol. The Bertz CT molecular complexity index is 119. The van der Waals surface area contributed by atoms with Gasteiger partial charge >= 0.3 is 0 Å². The maximum absolute atomic E-state index is 10.5. The monoisotopic (exact) mass is 176 g/mol. The van der Waals surface area contributed by atoms with Crippen molar-refractivity contribution in [1.82, 2.24) is 5.32 Å². The van der Waals surface area contributed by atoms with Crippen LogP contribution < -0.4 is 11.1 Å². The van der Waals surface area contributed by atoms with Crippen LogP contribution in [-0.4, -0.2) is 30.5 Å². The van der Waals surface area contributed by atoms with Crippen molar-refractivity contribution in [3.8, 4) is 0 Å². The Morgan fingerprint density at radius 2 is 2.36 bits per heavy atom. The Balaban J connectivity index is 3.17. The van der Waals surface area contributed by atoms with Crippen LogP contribution in [0.4, 0.5) is 0 Å². The molecular formula is C7H16N2OS. The van der Waals surface area contributed by atoms with Gasteiger partial charge in [0.2, 0.25) is 5.91 Å². The molecule has 0 aromatic rings. The highest BCUT2D eigenvalue weighted by molar-refractivity contribution is 7.98. The van der Waals surface area contributed by atoms with Gasteiger partial charge in [-0.25, -0.2) is 0 Å². The Kier molecular flexibility index (Phi) is 6.36. The van der Waals surface area contributed by atoms with Crippen LogP contribution in [0.25, 0.3) is 0 Å². The van der Waals surface area contributed by atoms with Crippen LogP contribution in [-0.2, 0) is 4.79 Å². The zero-order valence-corrected chi connectivity index (χ0v) is 7.91. The molecule has 66 valence electrons. The van der Waals surface area contributed by atoms with E-state index >= 15 is 0 Å². The van der Waals surface area contributed by atoms with E-state index in [2.05, 4.69) is 11.6 Å². The van der Waals surface area contributed by atoms with Crippen molar-refractivity contribution in [2.24, 2.45) is 5.73 Å². The number of hydrogen-bond donors (Lipinski definition) is 2. The van der Waals surface area contributed by atoms with Crippen LogP contribution in [0.2, 0.25) is 0 Å². The summed E-state index contributed by atoms with van der Waals surface area (Å²) in [4.78, 5) is 10.5. The first kappa shape index (κ1) is 10.8. The minimum absolute atomic E-state index is 0.197. The van der Waals surface area contributed by atoms with E-state index in [-0.39, 0.29) is 11.9 Å². The van der Waals surface area contributed by atoms with Gasteiger partial charge in [-0.05, 0) is 31.9 Å². The SMILES string of the molecule is CSCCCNC(C)C(N)=O. The van der Waals surface area contributed by atoms with E-state index in [0.717, 1.165) is 18.7 Å². The Hall–Kier alpha value is -0.220. The summed E-state index contributed by atoms with van der Waals surface area (Å²) in [5.41, 5.74) is 5.04. The summed E-state index contributed by atoms with van der Waals surface area (Å²) >= 11 is 1.81. The summed E-state index contributed by atoms with van der Waals surface area (Å²) in [6.07, 6.45) is 3.15. The Morgan fingerprint density at radius 3 is 2.82 bits per heavy atom. The molecule has 0 heterocycles. The molecule has 0 bridgehead atoms. The number of thioether (sulfide) groups is 1. The van der Waals surface area contributed by atoms with Crippen molar-refractivity contribution in [1.29, 1.82) is 0 Å².